The van der Waals surface area contributed by atoms with Gasteiger partial charge in [-0.05, 0) is 36.4 Å². The predicted molar refractivity (Wildman–Crippen MR) is 89.8 cm³/mol. The van der Waals surface area contributed by atoms with Crippen molar-refractivity contribution in [3.63, 3.8) is 0 Å². The standard InChI is InChI=1S/C18H14FN3O3/c1-23-15-7-11(8-16-17(15)25-10-24-16)14-5-6-20-18(22-14)21-13-4-2-3-12(19)9-13/h2-9H,10H2,1H3,(H,20,21,22). The number of aromatic nitrogens is 2. The van der Waals surface area contributed by atoms with Gasteiger partial charge in [-0.25, -0.2) is 14.4 Å². The van der Waals surface area contributed by atoms with Crippen molar-refractivity contribution in [3.05, 3.63) is 54.5 Å². The van der Waals surface area contributed by atoms with Gasteiger partial charge in [0.2, 0.25) is 18.5 Å². The topological polar surface area (TPSA) is 65.5 Å². The van der Waals surface area contributed by atoms with E-state index in [0.29, 0.717) is 34.6 Å². The van der Waals surface area contributed by atoms with E-state index in [1.165, 1.54) is 12.1 Å². The highest BCUT2D eigenvalue weighted by atomic mass is 19.1. The normalized spacial score (nSPS) is 12.1. The maximum absolute atomic E-state index is 13.3. The van der Waals surface area contributed by atoms with Crippen molar-refractivity contribution < 1.29 is 18.6 Å². The number of methoxy groups -OCH3 is 1. The summed E-state index contributed by atoms with van der Waals surface area (Å²) < 4.78 is 29.5. The Morgan fingerprint density at radius 1 is 1.16 bits per heavy atom. The monoisotopic (exact) mass is 339 g/mol. The number of ether oxygens (including phenoxy) is 3. The van der Waals surface area contributed by atoms with Gasteiger partial charge in [0.1, 0.15) is 5.82 Å². The third-order valence-electron chi connectivity index (χ3n) is 3.69. The molecule has 1 aliphatic heterocycles. The lowest BCUT2D eigenvalue weighted by Crippen LogP contribution is -1.98. The van der Waals surface area contributed by atoms with Crippen LogP contribution in [0.2, 0.25) is 0 Å². The van der Waals surface area contributed by atoms with E-state index in [2.05, 4.69) is 15.3 Å². The molecule has 0 fully saturated rings. The molecule has 1 aromatic heterocycles. The first-order chi connectivity index (χ1) is 12.2. The van der Waals surface area contributed by atoms with Gasteiger partial charge in [0.25, 0.3) is 0 Å². The van der Waals surface area contributed by atoms with Crippen LogP contribution in [0.15, 0.2) is 48.7 Å². The molecule has 1 N–H and O–H groups in total. The largest absolute Gasteiger partial charge is 0.493 e. The average Bonchev–Trinajstić information content (AvgIpc) is 3.10. The van der Waals surface area contributed by atoms with Crippen molar-refractivity contribution in [3.8, 4) is 28.5 Å². The fourth-order valence-electron chi connectivity index (χ4n) is 2.55. The van der Waals surface area contributed by atoms with Crippen LogP contribution in [0.1, 0.15) is 0 Å². The summed E-state index contributed by atoms with van der Waals surface area (Å²) in [7, 11) is 1.57. The Morgan fingerprint density at radius 3 is 2.92 bits per heavy atom. The van der Waals surface area contributed by atoms with Crippen molar-refractivity contribution >= 4 is 11.6 Å². The van der Waals surface area contributed by atoms with Crippen molar-refractivity contribution in [2.45, 2.75) is 0 Å². The van der Waals surface area contributed by atoms with E-state index in [1.807, 2.05) is 12.1 Å². The second-order valence-electron chi connectivity index (χ2n) is 5.31. The molecule has 0 aliphatic carbocycles. The molecular weight excluding hydrogens is 325 g/mol. The van der Waals surface area contributed by atoms with Crippen LogP contribution in [0.5, 0.6) is 17.2 Å². The Labute approximate surface area is 143 Å². The molecule has 0 unspecified atom stereocenters. The van der Waals surface area contributed by atoms with Gasteiger partial charge in [-0.1, -0.05) is 6.07 Å². The summed E-state index contributed by atoms with van der Waals surface area (Å²) in [6.45, 7) is 0.158. The van der Waals surface area contributed by atoms with Gasteiger partial charge >= 0.3 is 0 Å². The SMILES string of the molecule is COc1cc(-c2ccnc(Nc3cccc(F)c3)n2)cc2c1OCO2. The number of hydrogen-bond acceptors (Lipinski definition) is 6. The molecule has 0 atom stereocenters. The molecule has 0 amide bonds. The molecule has 25 heavy (non-hydrogen) atoms. The highest BCUT2D eigenvalue weighted by Crippen LogP contribution is 2.43. The maximum atomic E-state index is 13.3. The van der Waals surface area contributed by atoms with Crippen molar-refractivity contribution in [1.29, 1.82) is 0 Å². The second-order valence-corrected chi connectivity index (χ2v) is 5.31. The van der Waals surface area contributed by atoms with Crippen LogP contribution in [0.25, 0.3) is 11.3 Å². The number of benzene rings is 2. The predicted octanol–water partition coefficient (Wildman–Crippen LogP) is 3.76. The molecule has 3 aromatic rings. The van der Waals surface area contributed by atoms with Crippen molar-refractivity contribution in [2.75, 3.05) is 19.2 Å². The van der Waals surface area contributed by atoms with Crippen LogP contribution in [0, 0.1) is 5.82 Å². The van der Waals surface area contributed by atoms with Gasteiger partial charge < -0.3 is 19.5 Å². The van der Waals surface area contributed by atoms with Crippen LogP contribution in [-0.4, -0.2) is 23.9 Å². The highest BCUT2D eigenvalue weighted by molar-refractivity contribution is 5.70. The van der Waals surface area contributed by atoms with Crippen LogP contribution in [0.3, 0.4) is 0 Å². The molecule has 0 spiro atoms. The number of nitrogens with zero attached hydrogens (tertiary/aromatic N) is 2. The molecule has 4 rings (SSSR count). The van der Waals surface area contributed by atoms with Gasteiger partial charge in [-0.3, -0.25) is 0 Å². The van der Waals surface area contributed by atoms with E-state index >= 15 is 0 Å². The van der Waals surface area contributed by atoms with Gasteiger partial charge in [0.05, 0.1) is 12.8 Å². The lowest BCUT2D eigenvalue weighted by atomic mass is 10.1. The molecule has 0 saturated carbocycles. The van der Waals surface area contributed by atoms with Crippen molar-refractivity contribution in [2.24, 2.45) is 0 Å². The number of anilines is 2. The second kappa shape index (κ2) is 6.27. The Kier molecular flexibility index (Phi) is 3.81. The lowest BCUT2D eigenvalue weighted by Gasteiger charge is -2.09. The fraction of sp³-hybridized carbons (Fsp3) is 0.111. The third-order valence-corrected chi connectivity index (χ3v) is 3.69. The Hall–Kier alpha value is -3.35. The molecule has 2 aromatic carbocycles. The molecule has 7 heteroatoms. The van der Waals surface area contributed by atoms with Crippen LogP contribution >= 0.6 is 0 Å². The summed E-state index contributed by atoms with van der Waals surface area (Å²) in [5.41, 5.74) is 2.04. The number of nitrogens with one attached hydrogen (secondary N) is 1. The van der Waals surface area contributed by atoms with Crippen LogP contribution in [-0.2, 0) is 0 Å². The van der Waals surface area contributed by atoms with E-state index in [4.69, 9.17) is 14.2 Å². The zero-order valence-electron chi connectivity index (χ0n) is 13.3. The summed E-state index contributed by atoms with van der Waals surface area (Å²) in [5, 5.41) is 2.99. The first-order valence-electron chi connectivity index (χ1n) is 7.56. The van der Waals surface area contributed by atoms with Crippen LogP contribution in [0.4, 0.5) is 16.0 Å². The van der Waals surface area contributed by atoms with Gasteiger partial charge in [0, 0.05) is 17.4 Å². The summed E-state index contributed by atoms with van der Waals surface area (Å²) in [5.74, 6) is 1.79. The Bertz CT molecular complexity index is 933. The quantitative estimate of drug-likeness (QED) is 0.781. The molecule has 0 bridgehead atoms. The summed E-state index contributed by atoms with van der Waals surface area (Å²) in [4.78, 5) is 8.65. The number of hydrogen-bond donors (Lipinski definition) is 1. The van der Waals surface area contributed by atoms with E-state index in [-0.39, 0.29) is 12.6 Å². The third kappa shape index (κ3) is 3.03. The molecule has 2 heterocycles. The minimum Gasteiger partial charge on any atom is -0.493 e. The fourth-order valence-corrected chi connectivity index (χ4v) is 2.55. The zero-order valence-corrected chi connectivity index (χ0v) is 13.3. The Morgan fingerprint density at radius 2 is 2.08 bits per heavy atom. The minimum absolute atomic E-state index is 0.158. The first-order valence-corrected chi connectivity index (χ1v) is 7.56. The molecule has 126 valence electrons. The van der Waals surface area contributed by atoms with Gasteiger partial charge in [-0.15, -0.1) is 0 Å². The number of fused-ring (bicyclic) bond motifs is 1. The molecule has 1 aliphatic rings. The summed E-state index contributed by atoms with van der Waals surface area (Å²) >= 11 is 0. The Balaban J connectivity index is 1.68. The van der Waals surface area contributed by atoms with Gasteiger partial charge in [-0.2, -0.15) is 0 Å². The molecule has 0 radical (unpaired) electrons. The highest BCUT2D eigenvalue weighted by Gasteiger charge is 2.21. The first kappa shape index (κ1) is 15.2. The smallest absolute Gasteiger partial charge is 0.231 e. The summed E-state index contributed by atoms with van der Waals surface area (Å²) in [6, 6.07) is 11.5. The van der Waals surface area contributed by atoms with E-state index in [1.54, 1.807) is 31.5 Å². The number of rotatable bonds is 4. The van der Waals surface area contributed by atoms with Crippen LogP contribution < -0.4 is 19.5 Å². The molecular formula is C18H14FN3O3. The maximum Gasteiger partial charge on any atom is 0.231 e. The van der Waals surface area contributed by atoms with Crippen molar-refractivity contribution in [1.82, 2.24) is 9.97 Å². The lowest BCUT2D eigenvalue weighted by molar-refractivity contribution is 0.171. The van der Waals surface area contributed by atoms with E-state index < -0.39 is 0 Å². The minimum atomic E-state index is -0.332. The average molecular weight is 339 g/mol. The molecule has 0 saturated heterocycles. The molecule has 6 nitrogen and oxygen atoms in total. The number of halogens is 1. The zero-order chi connectivity index (χ0) is 17.2. The van der Waals surface area contributed by atoms with Gasteiger partial charge in [0.15, 0.2) is 11.5 Å². The van der Waals surface area contributed by atoms with E-state index in [0.717, 1.165) is 5.56 Å². The van der Waals surface area contributed by atoms with E-state index in [9.17, 15) is 4.39 Å². The summed E-state index contributed by atoms with van der Waals surface area (Å²) in [6.07, 6.45) is 1.63.